The van der Waals surface area contributed by atoms with E-state index < -0.39 is 0 Å². The zero-order chi connectivity index (χ0) is 17.0. The fraction of sp³-hybridized carbons (Fsp3) is 0.250. The lowest BCUT2D eigenvalue weighted by molar-refractivity contribution is -0.117. The van der Waals surface area contributed by atoms with E-state index in [2.05, 4.69) is 27.9 Å². The summed E-state index contributed by atoms with van der Waals surface area (Å²) in [5.41, 5.74) is 4.85. The van der Waals surface area contributed by atoms with Crippen LogP contribution in [0.1, 0.15) is 31.4 Å². The summed E-state index contributed by atoms with van der Waals surface area (Å²) >= 11 is 0. The van der Waals surface area contributed by atoms with Crippen molar-refractivity contribution in [2.75, 3.05) is 5.32 Å². The monoisotopic (exact) mass is 330 g/mol. The van der Waals surface area contributed by atoms with Gasteiger partial charge in [-0.1, -0.05) is 25.1 Å². The number of para-hydroxylation sites is 2. The van der Waals surface area contributed by atoms with Gasteiger partial charge < -0.3 is 5.32 Å². The second-order valence-corrected chi connectivity index (χ2v) is 6.94. The molecule has 2 aliphatic rings. The highest BCUT2D eigenvalue weighted by atomic mass is 16.1. The molecule has 124 valence electrons. The summed E-state index contributed by atoms with van der Waals surface area (Å²) in [5.74, 6) is 1.37. The van der Waals surface area contributed by atoms with Crippen molar-refractivity contribution in [3.8, 4) is 0 Å². The molecule has 0 amide bonds. The number of Topliss-reactive ketones (excluding diaryl/α,β-unsaturated/α-hetero) is 1. The predicted octanol–water partition coefficient (Wildman–Crippen LogP) is 3.70. The lowest BCUT2D eigenvalue weighted by Gasteiger charge is -2.35. The van der Waals surface area contributed by atoms with Crippen molar-refractivity contribution in [1.82, 2.24) is 14.5 Å². The van der Waals surface area contributed by atoms with E-state index in [0.29, 0.717) is 12.3 Å². The van der Waals surface area contributed by atoms with Gasteiger partial charge in [0.1, 0.15) is 0 Å². The number of hydrogen-bond acceptors (Lipinski definition) is 4. The maximum Gasteiger partial charge on any atom is 0.209 e. The largest absolute Gasteiger partial charge is 0.329 e. The molecule has 5 nitrogen and oxygen atoms in total. The van der Waals surface area contributed by atoms with Crippen LogP contribution >= 0.6 is 0 Å². The molecule has 0 saturated carbocycles. The van der Waals surface area contributed by atoms with Crippen molar-refractivity contribution in [2.24, 2.45) is 5.92 Å². The third kappa shape index (κ3) is 2.12. The van der Waals surface area contributed by atoms with Gasteiger partial charge >= 0.3 is 0 Å². The highest BCUT2D eigenvalue weighted by Crippen LogP contribution is 2.43. The molecule has 2 atom stereocenters. The average molecular weight is 330 g/mol. The first kappa shape index (κ1) is 14.4. The molecular formula is C20H18N4O. The topological polar surface area (TPSA) is 59.8 Å². The van der Waals surface area contributed by atoms with Gasteiger partial charge in [0.25, 0.3) is 0 Å². The van der Waals surface area contributed by atoms with E-state index in [4.69, 9.17) is 4.98 Å². The van der Waals surface area contributed by atoms with Gasteiger partial charge in [-0.25, -0.2) is 4.98 Å². The zero-order valence-electron chi connectivity index (χ0n) is 13.9. The number of hydrogen-bond donors (Lipinski definition) is 1. The Morgan fingerprint density at radius 3 is 2.88 bits per heavy atom. The highest BCUT2D eigenvalue weighted by molar-refractivity contribution is 6.00. The number of carbonyl (C=O) groups excluding carboxylic acids is 1. The van der Waals surface area contributed by atoms with Gasteiger partial charge in [0, 0.05) is 30.1 Å². The third-order valence-electron chi connectivity index (χ3n) is 5.10. The molecule has 1 aliphatic carbocycles. The van der Waals surface area contributed by atoms with Crippen LogP contribution in [0, 0.1) is 5.92 Å². The van der Waals surface area contributed by atoms with Crippen LogP contribution in [0.15, 0.2) is 60.1 Å². The third-order valence-corrected chi connectivity index (χ3v) is 5.10. The Balaban J connectivity index is 1.81. The first-order valence-corrected chi connectivity index (χ1v) is 8.62. The molecule has 5 rings (SSSR count). The number of carbonyl (C=O) groups is 1. The van der Waals surface area contributed by atoms with Crippen molar-refractivity contribution < 1.29 is 4.79 Å². The quantitative estimate of drug-likeness (QED) is 0.739. The predicted molar refractivity (Wildman–Crippen MR) is 96.2 cm³/mol. The van der Waals surface area contributed by atoms with Gasteiger partial charge in [0.15, 0.2) is 5.78 Å². The standard InChI is InChI=1S/C20H18N4O/c1-12-9-15-18(17(25)10-12)19(13-5-4-8-21-11-13)24-16-7-3-2-6-14(16)22-20(24)23-15/h2-8,11-12,19H,9-10H2,1H3,(H,22,23)/t12-,19+/m1/s1. The van der Waals surface area contributed by atoms with E-state index in [1.54, 1.807) is 6.20 Å². The number of nitrogens with one attached hydrogen (secondary N) is 1. The number of fused-ring (bicyclic) bond motifs is 3. The smallest absolute Gasteiger partial charge is 0.209 e. The summed E-state index contributed by atoms with van der Waals surface area (Å²) in [5, 5.41) is 3.44. The van der Waals surface area contributed by atoms with E-state index >= 15 is 0 Å². The van der Waals surface area contributed by atoms with Crippen LogP contribution in [0.2, 0.25) is 0 Å². The molecule has 3 aromatic rings. The second-order valence-electron chi connectivity index (χ2n) is 6.94. The number of allylic oxidation sites excluding steroid dienone is 2. The second kappa shape index (κ2) is 5.28. The maximum absolute atomic E-state index is 12.9. The normalized spacial score (nSPS) is 22.5. The van der Waals surface area contributed by atoms with Crippen LogP contribution in [0.25, 0.3) is 11.0 Å². The molecule has 3 heterocycles. The fourth-order valence-corrected chi connectivity index (χ4v) is 4.07. The summed E-state index contributed by atoms with van der Waals surface area (Å²) in [7, 11) is 0. The van der Waals surface area contributed by atoms with E-state index in [0.717, 1.165) is 40.2 Å². The summed E-state index contributed by atoms with van der Waals surface area (Å²) < 4.78 is 2.14. The Morgan fingerprint density at radius 1 is 1.16 bits per heavy atom. The highest BCUT2D eigenvalue weighted by Gasteiger charge is 2.38. The summed E-state index contributed by atoms with van der Waals surface area (Å²) in [6, 6.07) is 11.8. The van der Waals surface area contributed by atoms with Crippen LogP contribution < -0.4 is 5.32 Å². The Hall–Kier alpha value is -2.95. The van der Waals surface area contributed by atoms with Gasteiger partial charge in [-0.05, 0) is 36.1 Å². The molecule has 0 radical (unpaired) electrons. The number of benzene rings is 1. The Bertz CT molecular complexity index is 1020. The number of imidazole rings is 1. The number of rotatable bonds is 1. The summed E-state index contributed by atoms with van der Waals surface area (Å²) in [4.78, 5) is 22.0. The van der Waals surface area contributed by atoms with Crippen molar-refractivity contribution in [2.45, 2.75) is 25.8 Å². The lowest BCUT2D eigenvalue weighted by Crippen LogP contribution is -2.33. The molecule has 0 bridgehead atoms. The van der Waals surface area contributed by atoms with Gasteiger partial charge in [-0.2, -0.15) is 0 Å². The minimum absolute atomic E-state index is 0.174. The number of ketones is 1. The molecule has 0 spiro atoms. The van der Waals surface area contributed by atoms with Crippen LogP contribution in [-0.2, 0) is 4.79 Å². The Kier molecular flexibility index (Phi) is 3.04. The van der Waals surface area contributed by atoms with E-state index in [1.807, 2.05) is 36.5 Å². The Morgan fingerprint density at radius 2 is 2.04 bits per heavy atom. The minimum atomic E-state index is -0.174. The fourth-order valence-electron chi connectivity index (χ4n) is 4.07. The van der Waals surface area contributed by atoms with E-state index in [1.165, 1.54) is 0 Å². The van der Waals surface area contributed by atoms with E-state index in [9.17, 15) is 4.79 Å². The molecule has 0 fully saturated rings. The molecule has 1 N–H and O–H groups in total. The van der Waals surface area contributed by atoms with Gasteiger partial charge in [0.2, 0.25) is 5.95 Å². The van der Waals surface area contributed by atoms with Crippen LogP contribution in [-0.4, -0.2) is 20.3 Å². The van der Waals surface area contributed by atoms with Crippen LogP contribution in [0.5, 0.6) is 0 Å². The van der Waals surface area contributed by atoms with Crippen molar-refractivity contribution in [3.05, 3.63) is 65.6 Å². The SMILES string of the molecule is C[C@H]1CC(=O)C2=C(C1)Nc1nc3ccccc3n1[C@H]2c1cccnc1. The molecule has 25 heavy (non-hydrogen) atoms. The van der Waals surface area contributed by atoms with Gasteiger partial charge in [-0.15, -0.1) is 0 Å². The van der Waals surface area contributed by atoms with Gasteiger partial charge in [0.05, 0.1) is 17.1 Å². The van der Waals surface area contributed by atoms with Crippen LogP contribution in [0.4, 0.5) is 5.95 Å². The minimum Gasteiger partial charge on any atom is -0.329 e. The van der Waals surface area contributed by atoms with Crippen molar-refractivity contribution >= 4 is 22.8 Å². The first-order chi connectivity index (χ1) is 12.2. The average Bonchev–Trinajstić information content (AvgIpc) is 2.98. The molecule has 0 saturated heterocycles. The molecule has 2 aromatic heterocycles. The van der Waals surface area contributed by atoms with Crippen molar-refractivity contribution in [3.63, 3.8) is 0 Å². The van der Waals surface area contributed by atoms with Crippen LogP contribution in [0.3, 0.4) is 0 Å². The molecule has 0 unspecified atom stereocenters. The maximum atomic E-state index is 12.9. The first-order valence-electron chi connectivity index (χ1n) is 8.62. The summed E-state index contributed by atoms with van der Waals surface area (Å²) in [6.45, 7) is 2.13. The molecule has 1 aromatic carbocycles. The summed E-state index contributed by atoms with van der Waals surface area (Å²) in [6.07, 6.45) is 5.09. The number of anilines is 1. The van der Waals surface area contributed by atoms with Crippen molar-refractivity contribution in [1.29, 1.82) is 0 Å². The zero-order valence-corrected chi connectivity index (χ0v) is 13.9. The lowest BCUT2D eigenvalue weighted by atomic mass is 9.81. The number of aromatic nitrogens is 3. The molecular weight excluding hydrogens is 312 g/mol. The number of nitrogens with zero attached hydrogens (tertiary/aromatic N) is 3. The van der Waals surface area contributed by atoms with Gasteiger partial charge in [-0.3, -0.25) is 14.3 Å². The Labute approximate surface area is 145 Å². The molecule has 5 heteroatoms. The number of pyridine rings is 1. The molecule has 1 aliphatic heterocycles. The van der Waals surface area contributed by atoms with E-state index in [-0.39, 0.29) is 11.8 Å².